The molecule has 7 nitrogen and oxygen atoms in total. The van der Waals surface area contributed by atoms with E-state index in [0.717, 1.165) is 22.7 Å². The van der Waals surface area contributed by atoms with Crippen LogP contribution in [0.2, 0.25) is 0 Å². The molecule has 2 aromatic rings. The van der Waals surface area contributed by atoms with E-state index in [-0.39, 0.29) is 6.09 Å². The highest BCUT2D eigenvalue weighted by molar-refractivity contribution is 7.15. The number of nitrogens with zero attached hydrogens (tertiary/aromatic N) is 2. The molecular formula is C23H30N2O5S. The highest BCUT2D eigenvalue weighted by atomic mass is 32.1. The van der Waals surface area contributed by atoms with Crippen molar-refractivity contribution in [1.29, 1.82) is 0 Å². The minimum atomic E-state index is -0.494. The number of aromatic nitrogens is 1. The van der Waals surface area contributed by atoms with Gasteiger partial charge in [-0.1, -0.05) is 6.07 Å². The summed E-state index contributed by atoms with van der Waals surface area (Å²) in [5.41, 5.74) is 0.611. The molecule has 1 aliphatic heterocycles. The van der Waals surface area contributed by atoms with Crippen LogP contribution in [-0.2, 0) is 9.47 Å². The number of rotatable bonds is 5. The van der Waals surface area contributed by atoms with Crippen LogP contribution in [0, 0.1) is 12.8 Å². The molecule has 0 bridgehead atoms. The summed E-state index contributed by atoms with van der Waals surface area (Å²) in [4.78, 5) is 31.8. The van der Waals surface area contributed by atoms with E-state index in [1.54, 1.807) is 23.2 Å². The maximum atomic E-state index is 12.3. The summed E-state index contributed by atoms with van der Waals surface area (Å²) >= 11 is 1.51. The first-order chi connectivity index (χ1) is 14.7. The molecule has 1 aromatic carbocycles. The van der Waals surface area contributed by atoms with E-state index in [9.17, 15) is 9.59 Å². The van der Waals surface area contributed by atoms with E-state index in [2.05, 4.69) is 4.98 Å². The topological polar surface area (TPSA) is 78.0 Å². The molecule has 31 heavy (non-hydrogen) atoms. The second-order valence-electron chi connectivity index (χ2n) is 8.67. The van der Waals surface area contributed by atoms with Gasteiger partial charge in [-0.3, -0.25) is 0 Å². The zero-order valence-corrected chi connectivity index (χ0v) is 19.6. The van der Waals surface area contributed by atoms with Crippen molar-refractivity contribution in [2.45, 2.75) is 46.1 Å². The fourth-order valence-electron chi connectivity index (χ4n) is 3.44. The molecule has 1 aliphatic rings. The van der Waals surface area contributed by atoms with Gasteiger partial charge in [0.15, 0.2) is 0 Å². The molecule has 1 aromatic heterocycles. The van der Waals surface area contributed by atoms with Gasteiger partial charge in [-0.15, -0.1) is 11.3 Å². The largest absolute Gasteiger partial charge is 0.493 e. The Hall–Kier alpha value is -2.61. The first-order valence-electron chi connectivity index (χ1n) is 10.4. The second kappa shape index (κ2) is 9.68. The van der Waals surface area contributed by atoms with Crippen LogP contribution in [0.3, 0.4) is 0 Å². The minimum absolute atomic E-state index is 0.265. The molecule has 0 saturated carbocycles. The Bertz CT molecular complexity index is 926. The molecule has 0 N–H and O–H groups in total. The molecule has 1 fully saturated rings. The van der Waals surface area contributed by atoms with Crippen molar-refractivity contribution in [1.82, 2.24) is 9.88 Å². The number of thiazole rings is 1. The number of carbonyl (C=O) groups excluding carboxylic acids is 2. The average molecular weight is 447 g/mol. The first-order valence-corrected chi connectivity index (χ1v) is 11.2. The number of likely N-dealkylation sites (tertiary alicyclic amines) is 1. The standard InChI is InChI=1S/C23H30N2O5S/c1-15-13-24-20(31-15)19-17(21(26)28-5)7-6-8-18(19)29-14-16-9-11-25(12-10-16)22(27)30-23(2,3)4/h6-8,13,16H,9-12,14H2,1-5H3. The number of hydrogen-bond donors (Lipinski definition) is 0. The maximum Gasteiger partial charge on any atom is 0.410 e. The lowest BCUT2D eigenvalue weighted by molar-refractivity contribution is 0.0165. The quantitative estimate of drug-likeness (QED) is 0.606. The van der Waals surface area contributed by atoms with Crippen molar-refractivity contribution in [2.75, 3.05) is 26.8 Å². The number of carbonyl (C=O) groups is 2. The van der Waals surface area contributed by atoms with Crippen LogP contribution in [-0.4, -0.2) is 54.4 Å². The van der Waals surface area contributed by atoms with Crippen molar-refractivity contribution in [3.05, 3.63) is 34.8 Å². The van der Waals surface area contributed by atoms with Gasteiger partial charge < -0.3 is 19.1 Å². The molecule has 0 atom stereocenters. The van der Waals surface area contributed by atoms with Gasteiger partial charge >= 0.3 is 12.1 Å². The number of esters is 1. The highest BCUT2D eigenvalue weighted by Gasteiger charge is 2.28. The fourth-order valence-corrected chi connectivity index (χ4v) is 4.27. The van der Waals surface area contributed by atoms with Crippen molar-refractivity contribution in [3.8, 4) is 16.3 Å². The third-order valence-electron chi connectivity index (χ3n) is 5.01. The van der Waals surface area contributed by atoms with Gasteiger partial charge in [0.25, 0.3) is 0 Å². The summed E-state index contributed by atoms with van der Waals surface area (Å²) < 4.78 is 16.6. The molecule has 1 amide bonds. The van der Waals surface area contributed by atoms with Gasteiger partial charge in [0, 0.05) is 24.2 Å². The summed E-state index contributed by atoms with van der Waals surface area (Å²) in [6.45, 7) is 9.37. The monoisotopic (exact) mass is 446 g/mol. The highest BCUT2D eigenvalue weighted by Crippen LogP contribution is 2.37. The molecular weight excluding hydrogens is 416 g/mol. The summed E-state index contributed by atoms with van der Waals surface area (Å²) in [7, 11) is 1.37. The Balaban J connectivity index is 1.67. The van der Waals surface area contributed by atoms with Gasteiger partial charge in [0.1, 0.15) is 16.4 Å². The second-order valence-corrected chi connectivity index (χ2v) is 9.90. The van der Waals surface area contributed by atoms with Crippen molar-refractivity contribution < 1.29 is 23.8 Å². The zero-order chi connectivity index (χ0) is 22.6. The Kier molecular flexibility index (Phi) is 7.20. The lowest BCUT2D eigenvalue weighted by atomic mass is 9.98. The third kappa shape index (κ3) is 5.97. The summed E-state index contributed by atoms with van der Waals surface area (Å²) in [6, 6.07) is 5.37. The molecule has 168 valence electrons. The van der Waals surface area contributed by atoms with E-state index in [0.29, 0.717) is 42.5 Å². The average Bonchev–Trinajstić information content (AvgIpc) is 3.16. The smallest absolute Gasteiger partial charge is 0.410 e. The molecule has 0 radical (unpaired) electrons. The van der Waals surface area contributed by atoms with Gasteiger partial charge in [-0.05, 0) is 58.6 Å². The lowest BCUT2D eigenvalue weighted by Crippen LogP contribution is -2.42. The van der Waals surface area contributed by atoms with Crippen molar-refractivity contribution in [2.24, 2.45) is 5.92 Å². The molecule has 3 rings (SSSR count). The number of piperidine rings is 1. The summed E-state index contributed by atoms with van der Waals surface area (Å²) in [5, 5.41) is 0.730. The van der Waals surface area contributed by atoms with Gasteiger partial charge in [0.05, 0.1) is 24.8 Å². The van der Waals surface area contributed by atoms with Gasteiger partial charge in [-0.25, -0.2) is 14.6 Å². The molecule has 0 aliphatic carbocycles. The van der Waals surface area contributed by atoms with Crippen molar-refractivity contribution >= 4 is 23.4 Å². The SMILES string of the molecule is COC(=O)c1cccc(OCC2CCN(C(=O)OC(C)(C)C)CC2)c1-c1ncc(C)s1. The van der Waals surface area contributed by atoms with E-state index in [1.807, 2.05) is 33.8 Å². The number of benzene rings is 1. The number of hydrogen-bond acceptors (Lipinski definition) is 7. The van der Waals surface area contributed by atoms with Crippen LogP contribution < -0.4 is 4.74 Å². The molecule has 2 heterocycles. The van der Waals surface area contributed by atoms with E-state index >= 15 is 0 Å². The van der Waals surface area contributed by atoms with Crippen LogP contribution in [0.4, 0.5) is 4.79 Å². The number of aryl methyl sites for hydroxylation is 1. The van der Waals surface area contributed by atoms with Gasteiger partial charge in [-0.2, -0.15) is 0 Å². The van der Waals surface area contributed by atoms with Crippen LogP contribution in [0.1, 0.15) is 48.8 Å². The first kappa shape index (κ1) is 23.1. The van der Waals surface area contributed by atoms with Gasteiger partial charge in [0.2, 0.25) is 0 Å². The summed E-state index contributed by atoms with van der Waals surface area (Å²) in [5.74, 6) is 0.511. The Morgan fingerprint density at radius 2 is 1.94 bits per heavy atom. The molecule has 0 spiro atoms. The zero-order valence-electron chi connectivity index (χ0n) is 18.8. The van der Waals surface area contributed by atoms with E-state index in [4.69, 9.17) is 14.2 Å². The number of methoxy groups -OCH3 is 1. The maximum absolute atomic E-state index is 12.3. The fraction of sp³-hybridized carbons (Fsp3) is 0.522. The predicted molar refractivity (Wildman–Crippen MR) is 120 cm³/mol. The lowest BCUT2D eigenvalue weighted by Gasteiger charge is -2.33. The molecule has 0 unspecified atom stereocenters. The summed E-state index contributed by atoms with van der Waals surface area (Å²) in [6.07, 6.45) is 3.19. The minimum Gasteiger partial charge on any atom is -0.493 e. The van der Waals surface area contributed by atoms with Crippen LogP contribution in [0.15, 0.2) is 24.4 Å². The molecule has 1 saturated heterocycles. The Labute approximate surface area is 187 Å². The van der Waals surface area contributed by atoms with E-state index in [1.165, 1.54) is 18.4 Å². The predicted octanol–water partition coefficient (Wildman–Crippen LogP) is 4.93. The molecule has 8 heteroatoms. The van der Waals surface area contributed by atoms with Crippen molar-refractivity contribution in [3.63, 3.8) is 0 Å². The van der Waals surface area contributed by atoms with Crippen LogP contribution in [0.25, 0.3) is 10.6 Å². The Morgan fingerprint density at radius 3 is 2.52 bits per heavy atom. The third-order valence-corrected chi connectivity index (χ3v) is 5.94. The number of amides is 1. The normalized spacial score (nSPS) is 14.9. The number of ether oxygens (including phenoxy) is 3. The van der Waals surface area contributed by atoms with Crippen LogP contribution in [0.5, 0.6) is 5.75 Å². The van der Waals surface area contributed by atoms with E-state index < -0.39 is 11.6 Å². The Morgan fingerprint density at radius 1 is 1.23 bits per heavy atom. The van der Waals surface area contributed by atoms with Crippen LogP contribution >= 0.6 is 11.3 Å².